The number of methoxy groups -OCH3 is 3. The third-order valence-corrected chi connectivity index (χ3v) is 4.76. The number of ether oxygens (including phenoxy) is 4. The van der Waals surface area contributed by atoms with Gasteiger partial charge in [0.15, 0.2) is 11.5 Å². The summed E-state index contributed by atoms with van der Waals surface area (Å²) in [4.78, 5) is 12.7. The molecular weight excluding hydrogens is 392 g/mol. The third kappa shape index (κ3) is 6.90. The highest BCUT2D eigenvalue weighted by Gasteiger charge is 2.27. The van der Waals surface area contributed by atoms with Crippen molar-refractivity contribution in [1.29, 1.82) is 0 Å². The Kier molecular flexibility index (Phi) is 9.09. The molecule has 0 spiro atoms. The van der Waals surface area contributed by atoms with Crippen LogP contribution in [0, 0.1) is 5.92 Å². The second-order valence-corrected chi connectivity index (χ2v) is 12.7. The number of carbonyl (C=O) groups excluding carboxylic acids is 1. The molecule has 0 aromatic heterocycles. The highest BCUT2D eigenvalue weighted by Crippen LogP contribution is 2.38. The van der Waals surface area contributed by atoms with Gasteiger partial charge in [0.25, 0.3) is 0 Å². The standard InChI is InChI=1S/C20H31O6Si2/c1-13(2)12-16(27)25-20(21)19(24-5)18(23-4)14-10-9-11-15(17(14)22-3)26-28(6,7)8/h9-11,13,16H,12H2,1-8H3. The fourth-order valence-corrected chi connectivity index (χ4v) is 3.97. The van der Waals surface area contributed by atoms with Gasteiger partial charge in [-0.2, -0.15) is 0 Å². The average Bonchev–Trinajstić information content (AvgIpc) is 2.56. The van der Waals surface area contributed by atoms with E-state index in [0.717, 1.165) is 0 Å². The van der Waals surface area contributed by atoms with Gasteiger partial charge in [0.1, 0.15) is 5.75 Å². The molecule has 0 amide bonds. The summed E-state index contributed by atoms with van der Waals surface area (Å²) in [5.41, 5.74) is 0.114. The summed E-state index contributed by atoms with van der Waals surface area (Å²) in [6.07, 6.45) is 0.671. The van der Waals surface area contributed by atoms with Crippen LogP contribution >= 0.6 is 0 Å². The van der Waals surface area contributed by atoms with Gasteiger partial charge in [0, 0.05) is 0 Å². The van der Waals surface area contributed by atoms with Crippen LogP contribution in [0.2, 0.25) is 19.6 Å². The van der Waals surface area contributed by atoms with Gasteiger partial charge in [-0.15, -0.1) is 0 Å². The zero-order valence-corrected chi connectivity index (χ0v) is 20.0. The molecule has 0 bridgehead atoms. The molecule has 1 aromatic carbocycles. The Labute approximate surface area is 172 Å². The number of hydrogen-bond acceptors (Lipinski definition) is 6. The maximum absolute atomic E-state index is 12.7. The predicted molar refractivity (Wildman–Crippen MR) is 113 cm³/mol. The van der Waals surface area contributed by atoms with Crippen LogP contribution in [0.5, 0.6) is 11.5 Å². The zero-order valence-electron chi connectivity index (χ0n) is 18.0. The maximum Gasteiger partial charge on any atom is 0.377 e. The molecule has 0 heterocycles. The number of para-hydroxylation sites is 1. The van der Waals surface area contributed by atoms with Crippen LogP contribution < -0.4 is 9.16 Å². The van der Waals surface area contributed by atoms with Crippen LogP contribution in [0.25, 0.3) is 5.76 Å². The molecule has 0 N–H and O–H groups in total. The molecule has 0 saturated carbocycles. The molecule has 0 saturated heterocycles. The van der Waals surface area contributed by atoms with E-state index in [4.69, 9.17) is 23.4 Å². The summed E-state index contributed by atoms with van der Waals surface area (Å²) < 4.78 is 28.0. The van der Waals surface area contributed by atoms with E-state index in [2.05, 4.69) is 29.9 Å². The summed E-state index contributed by atoms with van der Waals surface area (Å²) in [7, 11) is 5.97. The molecular formula is C20H31O6Si2. The van der Waals surface area contributed by atoms with Crippen molar-refractivity contribution in [2.75, 3.05) is 21.3 Å². The third-order valence-electron chi connectivity index (χ3n) is 3.58. The fraction of sp³-hybridized carbons (Fsp3) is 0.550. The molecule has 28 heavy (non-hydrogen) atoms. The van der Waals surface area contributed by atoms with E-state index in [-0.39, 0.29) is 11.5 Å². The van der Waals surface area contributed by atoms with E-state index in [0.29, 0.717) is 29.4 Å². The van der Waals surface area contributed by atoms with Gasteiger partial charge in [0.2, 0.25) is 14.1 Å². The van der Waals surface area contributed by atoms with Gasteiger partial charge >= 0.3 is 5.97 Å². The normalized spacial score (nSPS) is 13.5. The van der Waals surface area contributed by atoms with Crippen molar-refractivity contribution < 1.29 is 28.2 Å². The average molecular weight is 424 g/mol. The highest BCUT2D eigenvalue weighted by atomic mass is 28.4. The minimum atomic E-state index is -1.87. The lowest BCUT2D eigenvalue weighted by Gasteiger charge is -2.23. The Morgan fingerprint density at radius 1 is 1.11 bits per heavy atom. The summed E-state index contributed by atoms with van der Waals surface area (Å²) in [6, 6.07) is 5.42. The number of benzene rings is 1. The molecule has 8 heteroatoms. The molecule has 0 aliphatic carbocycles. The van der Waals surface area contributed by atoms with Crippen LogP contribution in [0.1, 0.15) is 25.8 Å². The number of carbonyl (C=O) groups is 1. The largest absolute Gasteiger partial charge is 0.542 e. The summed E-state index contributed by atoms with van der Waals surface area (Å²) >= 11 is 0. The predicted octanol–water partition coefficient (Wildman–Crippen LogP) is 3.95. The van der Waals surface area contributed by atoms with Crippen LogP contribution in [0.4, 0.5) is 0 Å². The van der Waals surface area contributed by atoms with Gasteiger partial charge < -0.3 is 23.4 Å². The first-order valence-electron chi connectivity index (χ1n) is 9.14. The lowest BCUT2D eigenvalue weighted by atomic mass is 10.1. The van der Waals surface area contributed by atoms with E-state index < -0.39 is 20.0 Å². The van der Waals surface area contributed by atoms with E-state index >= 15 is 0 Å². The van der Waals surface area contributed by atoms with Crippen molar-refractivity contribution in [3.05, 3.63) is 29.5 Å². The minimum Gasteiger partial charge on any atom is -0.542 e. The van der Waals surface area contributed by atoms with Gasteiger partial charge in [-0.3, -0.25) is 0 Å². The van der Waals surface area contributed by atoms with Gasteiger partial charge in [-0.1, -0.05) is 19.9 Å². The van der Waals surface area contributed by atoms with Crippen molar-refractivity contribution in [1.82, 2.24) is 0 Å². The fourth-order valence-electron chi connectivity index (χ4n) is 2.57. The highest BCUT2D eigenvalue weighted by molar-refractivity contribution is 6.70. The Balaban J connectivity index is 3.38. The molecule has 1 rings (SSSR count). The molecule has 0 aliphatic rings. The monoisotopic (exact) mass is 423 g/mol. The Bertz CT molecular complexity index is 694. The molecule has 1 atom stereocenters. The van der Waals surface area contributed by atoms with Crippen LogP contribution in [0.15, 0.2) is 24.0 Å². The second-order valence-electron chi connectivity index (χ2n) is 7.64. The van der Waals surface area contributed by atoms with Crippen molar-refractivity contribution in [3.8, 4) is 11.5 Å². The van der Waals surface area contributed by atoms with E-state index in [9.17, 15) is 4.79 Å². The molecule has 1 aromatic rings. The van der Waals surface area contributed by atoms with Crippen molar-refractivity contribution >= 4 is 30.3 Å². The number of esters is 1. The van der Waals surface area contributed by atoms with Crippen molar-refractivity contribution in [3.63, 3.8) is 0 Å². The van der Waals surface area contributed by atoms with Crippen molar-refractivity contribution in [2.24, 2.45) is 5.92 Å². The Morgan fingerprint density at radius 3 is 2.21 bits per heavy atom. The molecule has 0 aliphatic heterocycles. The maximum atomic E-state index is 12.7. The van der Waals surface area contributed by atoms with E-state index in [1.807, 2.05) is 26.0 Å². The number of rotatable bonds is 10. The Morgan fingerprint density at radius 2 is 1.75 bits per heavy atom. The van der Waals surface area contributed by atoms with Gasteiger partial charge in [-0.25, -0.2) is 4.79 Å². The molecule has 6 nitrogen and oxygen atoms in total. The molecule has 155 valence electrons. The second kappa shape index (κ2) is 10.6. The molecule has 1 unspecified atom stereocenters. The summed E-state index contributed by atoms with van der Waals surface area (Å²) in [5.74, 6) is 0.976. The van der Waals surface area contributed by atoms with Gasteiger partial charge in [-0.05, 0) is 44.1 Å². The van der Waals surface area contributed by atoms with Crippen LogP contribution in [0.3, 0.4) is 0 Å². The summed E-state index contributed by atoms with van der Waals surface area (Å²) in [5, 5.41) is 0. The van der Waals surface area contributed by atoms with E-state index in [1.54, 1.807) is 13.2 Å². The number of hydrogen-bond donors (Lipinski definition) is 0. The summed E-state index contributed by atoms with van der Waals surface area (Å²) in [6.45, 7) is 10.3. The molecule has 3 radical (unpaired) electrons. The molecule has 0 fully saturated rings. The first-order valence-corrected chi connectivity index (χ1v) is 13.1. The Hall–Kier alpha value is -1.94. The van der Waals surface area contributed by atoms with Crippen LogP contribution in [-0.2, 0) is 19.0 Å². The van der Waals surface area contributed by atoms with Crippen molar-refractivity contribution in [2.45, 2.75) is 45.6 Å². The minimum absolute atomic E-state index is 0.0436. The lowest BCUT2D eigenvalue weighted by molar-refractivity contribution is -0.144. The quantitative estimate of drug-likeness (QED) is 0.246. The first kappa shape index (κ1) is 24.1. The van der Waals surface area contributed by atoms with Crippen LogP contribution in [-0.4, -0.2) is 51.6 Å². The first-order chi connectivity index (χ1) is 13.0. The SMILES string of the molecule is COC(C(=O)OC([Si])CC(C)C)=C(OC)c1cccc(O[Si](C)(C)C)c1OC. The van der Waals surface area contributed by atoms with Gasteiger partial charge in [0.05, 0.1) is 42.9 Å². The zero-order chi connectivity index (χ0) is 21.5. The smallest absolute Gasteiger partial charge is 0.377 e. The lowest BCUT2D eigenvalue weighted by Crippen LogP contribution is -2.29. The topological polar surface area (TPSA) is 63.2 Å². The van der Waals surface area contributed by atoms with E-state index in [1.165, 1.54) is 14.2 Å².